The van der Waals surface area contributed by atoms with Crippen LogP contribution in [0, 0.1) is 17.8 Å². The van der Waals surface area contributed by atoms with Crippen LogP contribution in [0.25, 0.3) is 0 Å². The zero-order valence-corrected chi connectivity index (χ0v) is 24.1. The molecule has 240 valence electrons. The van der Waals surface area contributed by atoms with Gasteiger partial charge in [0.25, 0.3) is 0 Å². The highest BCUT2D eigenvalue weighted by Gasteiger charge is 2.39. The number of benzene rings is 1. The van der Waals surface area contributed by atoms with Crippen molar-refractivity contribution in [2.75, 3.05) is 57.7 Å². The molecule has 2 aliphatic carbocycles. The molecule has 3 unspecified atom stereocenters. The predicted octanol–water partition coefficient (Wildman–Crippen LogP) is 0.0774. The minimum absolute atomic E-state index is 0.0641. The first-order valence-electron chi connectivity index (χ1n) is 14.1. The summed E-state index contributed by atoms with van der Waals surface area (Å²) >= 11 is 0. The molecule has 44 heavy (non-hydrogen) atoms. The number of nitrogens with one attached hydrogen (secondary N) is 1. The summed E-state index contributed by atoms with van der Waals surface area (Å²) < 4.78 is 0. The lowest BCUT2D eigenvalue weighted by atomic mass is 9.92. The lowest BCUT2D eigenvalue weighted by molar-refractivity contribution is -0.144. The molecule has 15 heteroatoms. The number of allylic oxidation sites excluding steroid dienone is 2. The molecule has 2 bridgehead atoms. The number of hydrogen-bond acceptors (Lipinski definition) is 9. The molecule has 3 rings (SSSR count). The molecule has 0 spiro atoms. The summed E-state index contributed by atoms with van der Waals surface area (Å²) in [5, 5.41) is 49.6. The van der Waals surface area contributed by atoms with Crippen LogP contribution < -0.4 is 5.32 Å². The van der Waals surface area contributed by atoms with E-state index in [2.05, 4.69) is 17.5 Å². The van der Waals surface area contributed by atoms with Gasteiger partial charge in [0.15, 0.2) is 0 Å². The Morgan fingerprint density at radius 2 is 1.23 bits per heavy atom. The van der Waals surface area contributed by atoms with Crippen LogP contribution in [0.1, 0.15) is 18.4 Å². The molecule has 4 atom stereocenters. The number of hydrogen-bond donors (Lipinski definition) is 6. The van der Waals surface area contributed by atoms with Crippen LogP contribution in [-0.4, -0.2) is 134 Å². The summed E-state index contributed by atoms with van der Waals surface area (Å²) in [5.41, 5.74) is 1.24. The zero-order valence-electron chi connectivity index (χ0n) is 24.1. The highest BCUT2D eigenvalue weighted by Crippen LogP contribution is 2.43. The Kier molecular flexibility index (Phi) is 12.4. The Balaban J connectivity index is 1.76. The van der Waals surface area contributed by atoms with E-state index >= 15 is 0 Å². The van der Waals surface area contributed by atoms with Gasteiger partial charge in [-0.25, -0.2) is 0 Å². The maximum absolute atomic E-state index is 12.8. The van der Waals surface area contributed by atoms with Gasteiger partial charge < -0.3 is 30.8 Å². The fraction of sp³-hybridized carbons (Fsp3) is 0.517. The highest BCUT2D eigenvalue weighted by atomic mass is 16.4. The molecule has 0 radical (unpaired) electrons. The van der Waals surface area contributed by atoms with E-state index < -0.39 is 68.6 Å². The Bertz CT molecular complexity index is 1220. The van der Waals surface area contributed by atoms with E-state index in [4.69, 9.17) is 10.2 Å². The summed E-state index contributed by atoms with van der Waals surface area (Å²) in [6, 6.07) is 6.00. The Morgan fingerprint density at radius 3 is 1.70 bits per heavy atom. The van der Waals surface area contributed by atoms with Crippen molar-refractivity contribution in [2.24, 2.45) is 17.8 Å². The smallest absolute Gasteiger partial charge is 0.317 e. The van der Waals surface area contributed by atoms with Crippen molar-refractivity contribution in [1.29, 1.82) is 0 Å². The van der Waals surface area contributed by atoms with Gasteiger partial charge >= 0.3 is 29.8 Å². The number of fused-ring (bicyclic) bond motifs is 2. The van der Waals surface area contributed by atoms with Crippen LogP contribution in [0.3, 0.4) is 0 Å². The second-order valence-corrected chi connectivity index (χ2v) is 11.3. The molecule has 2 aliphatic rings. The average Bonchev–Trinajstić information content (AvgIpc) is 3.55. The van der Waals surface area contributed by atoms with Crippen LogP contribution in [-0.2, 0) is 35.2 Å². The van der Waals surface area contributed by atoms with Crippen molar-refractivity contribution in [3.63, 3.8) is 0 Å². The second kappa shape index (κ2) is 15.9. The van der Waals surface area contributed by atoms with Gasteiger partial charge in [0.2, 0.25) is 5.91 Å². The summed E-state index contributed by atoms with van der Waals surface area (Å²) in [6.07, 6.45) is 6.16. The van der Waals surface area contributed by atoms with Gasteiger partial charge in [0.05, 0.1) is 32.7 Å². The maximum atomic E-state index is 12.8. The molecule has 15 nitrogen and oxygen atoms in total. The number of carbonyl (C=O) groups excluding carboxylic acids is 1. The first-order valence-corrected chi connectivity index (χ1v) is 14.1. The molecule has 1 aromatic carbocycles. The summed E-state index contributed by atoms with van der Waals surface area (Å²) in [6.45, 7) is -3.34. The predicted molar refractivity (Wildman–Crippen MR) is 154 cm³/mol. The number of rotatable bonds is 20. The molecule has 1 fully saturated rings. The summed E-state index contributed by atoms with van der Waals surface area (Å²) in [7, 11) is 0. The van der Waals surface area contributed by atoms with Gasteiger partial charge in [-0.2, -0.15) is 0 Å². The number of aliphatic carboxylic acids is 5. The number of nitrogens with zero attached hydrogens (tertiary/aromatic N) is 3. The van der Waals surface area contributed by atoms with E-state index in [-0.39, 0.29) is 43.8 Å². The van der Waals surface area contributed by atoms with Crippen molar-refractivity contribution in [2.45, 2.75) is 25.3 Å². The average molecular weight is 619 g/mol. The van der Waals surface area contributed by atoms with Crippen LogP contribution in [0.4, 0.5) is 5.69 Å². The highest BCUT2D eigenvalue weighted by molar-refractivity contribution is 5.93. The van der Waals surface area contributed by atoms with Crippen molar-refractivity contribution >= 4 is 41.4 Å². The van der Waals surface area contributed by atoms with Crippen LogP contribution in [0.2, 0.25) is 0 Å². The largest absolute Gasteiger partial charge is 0.480 e. The van der Waals surface area contributed by atoms with Crippen molar-refractivity contribution < 1.29 is 54.3 Å². The SMILES string of the molecule is O=C(O)CN(CCN(CC(=O)O)CC(Cc1ccc(NC(=O)[C@H]2CC3C=CC2C3)cc1)N(CC(=O)O)CC(=O)O)CC(=O)O. The third-order valence-corrected chi connectivity index (χ3v) is 7.78. The van der Waals surface area contributed by atoms with Gasteiger partial charge in [-0.15, -0.1) is 0 Å². The molecule has 6 N–H and O–H groups in total. The van der Waals surface area contributed by atoms with Crippen LogP contribution >= 0.6 is 0 Å². The number of carboxylic acid groups (broad SMARTS) is 5. The second-order valence-electron chi connectivity index (χ2n) is 11.3. The number of anilines is 1. The third kappa shape index (κ3) is 11.1. The quantitative estimate of drug-likeness (QED) is 0.106. The number of amides is 1. The molecule has 1 saturated carbocycles. The maximum Gasteiger partial charge on any atom is 0.317 e. The van der Waals surface area contributed by atoms with E-state index in [1.807, 2.05) is 0 Å². The van der Waals surface area contributed by atoms with Crippen molar-refractivity contribution in [3.8, 4) is 0 Å². The van der Waals surface area contributed by atoms with Crippen molar-refractivity contribution in [3.05, 3.63) is 42.0 Å². The monoisotopic (exact) mass is 618 g/mol. The molecular formula is C29H38N4O11. The first-order chi connectivity index (χ1) is 20.8. The fourth-order valence-corrected chi connectivity index (χ4v) is 5.89. The lowest BCUT2D eigenvalue weighted by Gasteiger charge is -2.34. The molecular weight excluding hydrogens is 580 g/mol. The molecule has 0 saturated heterocycles. The minimum Gasteiger partial charge on any atom is -0.480 e. The van der Waals surface area contributed by atoms with Gasteiger partial charge in [-0.1, -0.05) is 24.3 Å². The molecule has 1 aromatic rings. The summed E-state index contributed by atoms with van der Waals surface area (Å²) in [4.78, 5) is 73.8. The number of carboxylic acids is 5. The Morgan fingerprint density at radius 1 is 0.705 bits per heavy atom. The standard InChI is InChI=1S/C29H38N4O11/c34-24(35)13-31(7-8-32(14-25(36)37)15-26(38)39)12-22(33(16-27(40)41)17-28(42)43)10-18-2-5-21(6-3-18)30-29(44)23-11-19-1-4-20(23)9-19/h1-6,19-20,22-23H,7-17H2,(H,30,44)(H,34,35)(H,36,37)(H,38,39)(H,40,41)(H,42,43)/t19?,20?,22?,23-/m0/s1. The van der Waals surface area contributed by atoms with Gasteiger partial charge in [0, 0.05) is 37.3 Å². The van der Waals surface area contributed by atoms with Crippen molar-refractivity contribution in [1.82, 2.24) is 14.7 Å². The van der Waals surface area contributed by atoms with E-state index in [1.165, 1.54) is 9.80 Å². The molecule has 0 aromatic heterocycles. The van der Waals surface area contributed by atoms with E-state index in [0.29, 0.717) is 17.2 Å². The van der Waals surface area contributed by atoms with Gasteiger partial charge in [0.1, 0.15) is 0 Å². The van der Waals surface area contributed by atoms with E-state index in [1.54, 1.807) is 24.3 Å². The fourth-order valence-electron chi connectivity index (χ4n) is 5.89. The topological polar surface area (TPSA) is 225 Å². The summed E-state index contributed by atoms with van der Waals surface area (Å²) in [5.74, 6) is -5.82. The minimum atomic E-state index is -1.29. The molecule has 1 amide bonds. The van der Waals surface area contributed by atoms with E-state index in [9.17, 15) is 44.1 Å². The molecule has 0 heterocycles. The Hall–Kier alpha value is -4.34. The zero-order chi connectivity index (χ0) is 32.4. The third-order valence-electron chi connectivity index (χ3n) is 7.78. The van der Waals surface area contributed by atoms with Gasteiger partial charge in [-0.05, 0) is 48.8 Å². The number of carbonyl (C=O) groups is 6. The molecule has 0 aliphatic heterocycles. The van der Waals surface area contributed by atoms with Crippen LogP contribution in [0.5, 0.6) is 0 Å². The Labute approximate surface area is 253 Å². The van der Waals surface area contributed by atoms with E-state index in [0.717, 1.165) is 17.7 Å². The normalized spacial score (nSPS) is 19.4. The first kappa shape index (κ1) is 34.2. The van der Waals surface area contributed by atoms with Crippen LogP contribution in [0.15, 0.2) is 36.4 Å². The lowest BCUT2D eigenvalue weighted by Crippen LogP contribution is -2.51. The van der Waals surface area contributed by atoms with Gasteiger partial charge in [-0.3, -0.25) is 43.5 Å².